The van der Waals surface area contributed by atoms with Crippen LogP contribution in [0.25, 0.3) is 0 Å². The molecule has 94 valence electrons. The van der Waals surface area contributed by atoms with Gasteiger partial charge in [-0.1, -0.05) is 13.8 Å². The van der Waals surface area contributed by atoms with Gasteiger partial charge in [0.25, 0.3) is 0 Å². The minimum Gasteiger partial charge on any atom is -0.380 e. The highest BCUT2D eigenvalue weighted by atomic mass is 16.5. The molecule has 1 heterocycles. The SMILES string of the molecule is CCOCC(C)N1C(=O)C(C)NC1C(C)C. The van der Waals surface area contributed by atoms with Crippen LogP contribution < -0.4 is 5.32 Å². The van der Waals surface area contributed by atoms with Crippen molar-refractivity contribution in [3.63, 3.8) is 0 Å². The maximum atomic E-state index is 12.0. The monoisotopic (exact) mass is 228 g/mol. The summed E-state index contributed by atoms with van der Waals surface area (Å²) >= 11 is 0. The number of nitrogens with zero attached hydrogens (tertiary/aromatic N) is 1. The fraction of sp³-hybridized carbons (Fsp3) is 0.917. The second-order valence-electron chi connectivity index (χ2n) is 4.83. The molecule has 3 atom stereocenters. The molecule has 0 radical (unpaired) electrons. The first-order valence-corrected chi connectivity index (χ1v) is 6.15. The first-order chi connectivity index (χ1) is 7.49. The van der Waals surface area contributed by atoms with Gasteiger partial charge in [0.2, 0.25) is 5.91 Å². The molecule has 0 aromatic heterocycles. The van der Waals surface area contributed by atoms with Gasteiger partial charge >= 0.3 is 0 Å². The zero-order valence-corrected chi connectivity index (χ0v) is 11.0. The minimum atomic E-state index is -0.0727. The molecule has 0 spiro atoms. The third kappa shape index (κ3) is 2.74. The van der Waals surface area contributed by atoms with Crippen LogP contribution in [0, 0.1) is 5.92 Å². The highest BCUT2D eigenvalue weighted by molar-refractivity contribution is 5.84. The first kappa shape index (κ1) is 13.5. The van der Waals surface area contributed by atoms with E-state index in [0.29, 0.717) is 19.1 Å². The molecule has 1 N–H and O–H groups in total. The number of nitrogens with one attached hydrogen (secondary N) is 1. The molecule has 1 fully saturated rings. The molecule has 3 unspecified atom stereocenters. The van der Waals surface area contributed by atoms with Crippen LogP contribution in [-0.2, 0) is 9.53 Å². The molecular weight excluding hydrogens is 204 g/mol. The number of carbonyl (C=O) groups is 1. The summed E-state index contributed by atoms with van der Waals surface area (Å²) in [7, 11) is 0. The molecule has 1 aliphatic heterocycles. The van der Waals surface area contributed by atoms with Crippen molar-refractivity contribution in [2.45, 2.75) is 52.9 Å². The van der Waals surface area contributed by atoms with Gasteiger partial charge in [0.05, 0.1) is 24.9 Å². The van der Waals surface area contributed by atoms with Gasteiger partial charge in [-0.3, -0.25) is 10.1 Å². The van der Waals surface area contributed by atoms with Gasteiger partial charge in [-0.25, -0.2) is 0 Å². The van der Waals surface area contributed by atoms with Crippen LogP contribution in [0.15, 0.2) is 0 Å². The summed E-state index contributed by atoms with van der Waals surface area (Å²) in [4.78, 5) is 14.0. The maximum absolute atomic E-state index is 12.0. The smallest absolute Gasteiger partial charge is 0.241 e. The topological polar surface area (TPSA) is 41.6 Å². The number of amides is 1. The standard InChI is InChI=1S/C12H24N2O2/c1-6-16-7-9(4)14-11(8(2)3)13-10(5)12(14)15/h8-11,13H,6-7H2,1-5H3. The Hall–Kier alpha value is -0.610. The molecule has 0 aromatic rings. The summed E-state index contributed by atoms with van der Waals surface area (Å²) in [6.07, 6.45) is 0.137. The average Bonchev–Trinajstić information content (AvgIpc) is 2.52. The Bertz CT molecular complexity index is 243. The molecule has 0 aliphatic carbocycles. The largest absolute Gasteiger partial charge is 0.380 e. The van der Waals surface area contributed by atoms with Crippen molar-refractivity contribution in [1.29, 1.82) is 0 Å². The molecule has 16 heavy (non-hydrogen) atoms. The van der Waals surface area contributed by atoms with Crippen LogP contribution in [0.4, 0.5) is 0 Å². The highest BCUT2D eigenvalue weighted by Gasteiger charge is 2.40. The molecule has 4 nitrogen and oxygen atoms in total. The Morgan fingerprint density at radius 1 is 1.44 bits per heavy atom. The predicted molar refractivity (Wildman–Crippen MR) is 64.0 cm³/mol. The first-order valence-electron chi connectivity index (χ1n) is 6.15. The fourth-order valence-corrected chi connectivity index (χ4v) is 2.14. The quantitative estimate of drug-likeness (QED) is 0.769. The predicted octanol–water partition coefficient (Wildman–Crippen LogP) is 1.21. The van der Waals surface area contributed by atoms with Crippen molar-refractivity contribution < 1.29 is 9.53 Å². The second-order valence-corrected chi connectivity index (χ2v) is 4.83. The average molecular weight is 228 g/mol. The summed E-state index contributed by atoms with van der Waals surface area (Å²) in [5, 5.41) is 3.33. The lowest BCUT2D eigenvalue weighted by Gasteiger charge is -2.32. The summed E-state index contributed by atoms with van der Waals surface area (Å²) in [5.41, 5.74) is 0. The van der Waals surface area contributed by atoms with Crippen molar-refractivity contribution in [3.8, 4) is 0 Å². The Morgan fingerprint density at radius 3 is 2.56 bits per heavy atom. The van der Waals surface area contributed by atoms with E-state index in [1.54, 1.807) is 0 Å². The third-order valence-corrected chi connectivity index (χ3v) is 3.01. The lowest BCUT2D eigenvalue weighted by Crippen LogP contribution is -2.47. The van der Waals surface area contributed by atoms with Gasteiger partial charge in [-0.2, -0.15) is 0 Å². The van der Waals surface area contributed by atoms with Crippen molar-refractivity contribution in [1.82, 2.24) is 10.2 Å². The summed E-state index contributed by atoms with van der Waals surface area (Å²) in [5.74, 6) is 0.601. The van der Waals surface area contributed by atoms with E-state index in [-0.39, 0.29) is 24.2 Å². The Balaban J connectivity index is 2.69. The molecule has 1 rings (SSSR count). The molecule has 0 bridgehead atoms. The maximum Gasteiger partial charge on any atom is 0.241 e. The van der Waals surface area contributed by atoms with E-state index in [2.05, 4.69) is 19.2 Å². The number of carbonyl (C=O) groups excluding carboxylic acids is 1. The Morgan fingerprint density at radius 2 is 2.06 bits per heavy atom. The molecule has 1 amide bonds. The van der Waals surface area contributed by atoms with E-state index in [1.807, 2.05) is 25.7 Å². The van der Waals surface area contributed by atoms with E-state index >= 15 is 0 Å². The molecule has 0 saturated carbocycles. The number of hydrogen-bond acceptors (Lipinski definition) is 3. The van der Waals surface area contributed by atoms with E-state index in [0.717, 1.165) is 0 Å². The third-order valence-electron chi connectivity index (χ3n) is 3.01. The fourth-order valence-electron chi connectivity index (χ4n) is 2.14. The number of hydrogen-bond donors (Lipinski definition) is 1. The van der Waals surface area contributed by atoms with Gasteiger partial charge in [0.1, 0.15) is 0 Å². The summed E-state index contributed by atoms with van der Waals surface area (Å²) in [6.45, 7) is 11.5. The lowest BCUT2D eigenvalue weighted by molar-refractivity contribution is -0.133. The molecule has 4 heteroatoms. The van der Waals surface area contributed by atoms with Crippen LogP contribution in [0.5, 0.6) is 0 Å². The van der Waals surface area contributed by atoms with Crippen molar-refractivity contribution in [2.75, 3.05) is 13.2 Å². The van der Waals surface area contributed by atoms with E-state index in [4.69, 9.17) is 4.74 Å². The number of ether oxygens (including phenoxy) is 1. The van der Waals surface area contributed by atoms with E-state index < -0.39 is 0 Å². The lowest BCUT2D eigenvalue weighted by atomic mass is 10.1. The van der Waals surface area contributed by atoms with E-state index in [9.17, 15) is 4.79 Å². The zero-order chi connectivity index (χ0) is 12.3. The van der Waals surface area contributed by atoms with Crippen LogP contribution >= 0.6 is 0 Å². The molecule has 1 aliphatic rings. The second kappa shape index (κ2) is 5.64. The van der Waals surface area contributed by atoms with Gasteiger partial charge in [-0.15, -0.1) is 0 Å². The van der Waals surface area contributed by atoms with Crippen LogP contribution in [0.1, 0.15) is 34.6 Å². The van der Waals surface area contributed by atoms with Crippen molar-refractivity contribution in [3.05, 3.63) is 0 Å². The summed E-state index contributed by atoms with van der Waals surface area (Å²) < 4.78 is 5.40. The van der Waals surface area contributed by atoms with Crippen molar-refractivity contribution >= 4 is 5.91 Å². The van der Waals surface area contributed by atoms with E-state index in [1.165, 1.54) is 0 Å². The summed E-state index contributed by atoms with van der Waals surface area (Å²) in [6, 6.07) is 0.0637. The van der Waals surface area contributed by atoms with Gasteiger partial charge in [-0.05, 0) is 26.7 Å². The highest BCUT2D eigenvalue weighted by Crippen LogP contribution is 2.20. The van der Waals surface area contributed by atoms with Crippen LogP contribution in [0.3, 0.4) is 0 Å². The zero-order valence-electron chi connectivity index (χ0n) is 11.0. The normalized spacial score (nSPS) is 27.9. The van der Waals surface area contributed by atoms with Gasteiger partial charge in [0, 0.05) is 6.61 Å². The molecule has 0 aromatic carbocycles. The molecular formula is C12H24N2O2. The van der Waals surface area contributed by atoms with Crippen LogP contribution in [0.2, 0.25) is 0 Å². The minimum absolute atomic E-state index is 0.0727. The molecule has 1 saturated heterocycles. The van der Waals surface area contributed by atoms with Crippen LogP contribution in [-0.4, -0.2) is 42.3 Å². The Labute approximate surface area is 98.3 Å². The Kier molecular flexibility index (Phi) is 4.74. The van der Waals surface area contributed by atoms with Gasteiger partial charge < -0.3 is 9.64 Å². The van der Waals surface area contributed by atoms with Gasteiger partial charge in [0.15, 0.2) is 0 Å². The number of rotatable bonds is 5. The van der Waals surface area contributed by atoms with Crippen molar-refractivity contribution in [2.24, 2.45) is 5.92 Å².